The molecule has 24 heavy (non-hydrogen) atoms. The summed E-state index contributed by atoms with van der Waals surface area (Å²) >= 11 is 0. The van der Waals surface area contributed by atoms with Crippen LogP contribution in [0.3, 0.4) is 0 Å². The third kappa shape index (κ3) is 8.11. The van der Waals surface area contributed by atoms with Gasteiger partial charge in [-0.15, -0.1) is 0 Å². The van der Waals surface area contributed by atoms with Crippen LogP contribution >= 0.6 is 0 Å². The van der Waals surface area contributed by atoms with Gasteiger partial charge in [-0.2, -0.15) is 13.2 Å². The molecule has 0 aliphatic rings. The Morgan fingerprint density at radius 3 is 2.04 bits per heavy atom. The molecule has 5 N–H and O–H groups in total. The largest absolute Gasteiger partial charge is 0.480 e. The maximum absolute atomic E-state index is 13.0. The predicted molar refractivity (Wildman–Crippen MR) is 76.0 cm³/mol. The second-order valence-corrected chi connectivity index (χ2v) is 5.75. The molecule has 0 saturated carbocycles. The van der Waals surface area contributed by atoms with Crippen molar-refractivity contribution in [1.82, 2.24) is 16.1 Å². The molecule has 140 valence electrons. The SMILES string of the molecule is CC(C)C[C@H](NC(=O)C[C@@H](N[C@@H](C)C(=O)NO)C(F)(F)F)C(=O)O. The van der Waals surface area contributed by atoms with Gasteiger partial charge in [0.1, 0.15) is 12.1 Å². The zero-order valence-electron chi connectivity index (χ0n) is 13.5. The number of rotatable bonds is 9. The fourth-order valence-corrected chi connectivity index (χ4v) is 1.87. The molecule has 0 aromatic heterocycles. The van der Waals surface area contributed by atoms with Crippen LogP contribution in [0.4, 0.5) is 13.2 Å². The molecule has 3 atom stereocenters. The van der Waals surface area contributed by atoms with Gasteiger partial charge in [-0.3, -0.25) is 20.1 Å². The van der Waals surface area contributed by atoms with Gasteiger partial charge in [0.05, 0.1) is 12.5 Å². The highest BCUT2D eigenvalue weighted by Gasteiger charge is 2.42. The minimum atomic E-state index is -4.85. The summed E-state index contributed by atoms with van der Waals surface area (Å²) in [5, 5.41) is 21.3. The molecular weight excluding hydrogens is 335 g/mol. The van der Waals surface area contributed by atoms with Crippen LogP contribution in [-0.2, 0) is 14.4 Å². The van der Waals surface area contributed by atoms with Crippen LogP contribution in [0.1, 0.15) is 33.6 Å². The quantitative estimate of drug-likeness (QED) is 0.300. The normalized spacial score (nSPS) is 15.5. The van der Waals surface area contributed by atoms with E-state index in [0.717, 1.165) is 6.92 Å². The highest BCUT2D eigenvalue weighted by Crippen LogP contribution is 2.23. The molecule has 2 amide bonds. The first-order valence-corrected chi connectivity index (χ1v) is 7.17. The van der Waals surface area contributed by atoms with E-state index in [1.54, 1.807) is 13.8 Å². The van der Waals surface area contributed by atoms with Crippen LogP contribution in [0.2, 0.25) is 0 Å². The number of alkyl halides is 3. The lowest BCUT2D eigenvalue weighted by molar-refractivity contribution is -0.165. The van der Waals surface area contributed by atoms with Crippen molar-refractivity contribution in [3.63, 3.8) is 0 Å². The third-order valence-electron chi connectivity index (χ3n) is 3.08. The third-order valence-corrected chi connectivity index (χ3v) is 3.08. The number of carboxylic acids is 1. The highest BCUT2D eigenvalue weighted by molar-refractivity contribution is 5.84. The van der Waals surface area contributed by atoms with E-state index in [4.69, 9.17) is 10.3 Å². The fourth-order valence-electron chi connectivity index (χ4n) is 1.87. The molecule has 0 heterocycles. The first kappa shape index (κ1) is 22.1. The lowest BCUT2D eigenvalue weighted by atomic mass is 10.0. The lowest BCUT2D eigenvalue weighted by Crippen LogP contribution is -2.54. The number of aliphatic carboxylic acids is 1. The van der Waals surface area contributed by atoms with E-state index >= 15 is 0 Å². The number of carbonyl (C=O) groups is 3. The van der Waals surface area contributed by atoms with E-state index in [1.807, 2.05) is 10.6 Å². The van der Waals surface area contributed by atoms with Crippen molar-refractivity contribution >= 4 is 17.8 Å². The molecule has 8 nitrogen and oxygen atoms in total. The second-order valence-electron chi connectivity index (χ2n) is 5.75. The average molecular weight is 357 g/mol. The summed E-state index contributed by atoms with van der Waals surface area (Å²) < 4.78 is 38.9. The van der Waals surface area contributed by atoms with E-state index in [9.17, 15) is 27.6 Å². The molecule has 0 aromatic rings. The monoisotopic (exact) mass is 357 g/mol. The summed E-state index contributed by atoms with van der Waals surface area (Å²) in [5.41, 5.74) is 1.20. The van der Waals surface area contributed by atoms with Crippen molar-refractivity contribution in [2.24, 2.45) is 5.92 Å². The first-order chi connectivity index (χ1) is 10.9. The number of carboxylic acid groups (broad SMARTS) is 1. The molecule has 0 saturated heterocycles. The molecule has 0 bridgehead atoms. The zero-order valence-corrected chi connectivity index (χ0v) is 13.5. The number of carbonyl (C=O) groups excluding carboxylic acids is 2. The summed E-state index contributed by atoms with van der Waals surface area (Å²) in [6.45, 7) is 4.48. The molecule has 11 heteroatoms. The molecule has 0 radical (unpaired) electrons. The molecule has 0 fully saturated rings. The Labute approximate surface area is 136 Å². The molecule has 0 aliphatic heterocycles. The summed E-state index contributed by atoms with van der Waals surface area (Å²) in [6.07, 6.45) is -5.89. The van der Waals surface area contributed by atoms with Crippen LogP contribution < -0.4 is 16.1 Å². The Bertz CT molecular complexity index is 457. The zero-order chi connectivity index (χ0) is 19.1. The Hall–Kier alpha value is -1.88. The smallest absolute Gasteiger partial charge is 0.404 e. The van der Waals surface area contributed by atoms with Crippen LogP contribution in [0, 0.1) is 5.92 Å². The summed E-state index contributed by atoms with van der Waals surface area (Å²) in [6, 6.07) is -5.09. The second kappa shape index (κ2) is 9.42. The first-order valence-electron chi connectivity index (χ1n) is 7.17. The van der Waals surface area contributed by atoms with E-state index in [1.165, 1.54) is 5.48 Å². The van der Waals surface area contributed by atoms with E-state index in [-0.39, 0.29) is 12.3 Å². The molecule has 0 rings (SSSR count). The number of hydrogen-bond donors (Lipinski definition) is 5. The van der Waals surface area contributed by atoms with Gasteiger partial charge in [0.15, 0.2) is 0 Å². The van der Waals surface area contributed by atoms with Crippen molar-refractivity contribution in [2.45, 2.75) is 57.9 Å². The number of amides is 2. The Balaban J connectivity index is 4.93. The van der Waals surface area contributed by atoms with Crippen molar-refractivity contribution in [3.05, 3.63) is 0 Å². The Morgan fingerprint density at radius 2 is 1.67 bits per heavy atom. The minimum absolute atomic E-state index is 0.0640. The van der Waals surface area contributed by atoms with Crippen LogP contribution in [0.25, 0.3) is 0 Å². The average Bonchev–Trinajstić information content (AvgIpc) is 2.43. The van der Waals surface area contributed by atoms with E-state index < -0.39 is 48.5 Å². The number of hydroxylamine groups is 1. The van der Waals surface area contributed by atoms with Gasteiger partial charge in [0.2, 0.25) is 5.91 Å². The molecule has 0 unspecified atom stereocenters. The predicted octanol–water partition coefficient (Wildman–Crippen LogP) is 0.406. The van der Waals surface area contributed by atoms with Gasteiger partial charge in [0, 0.05) is 0 Å². The fraction of sp³-hybridized carbons (Fsp3) is 0.769. The summed E-state index contributed by atoms with van der Waals surface area (Å²) in [4.78, 5) is 33.9. The van der Waals surface area contributed by atoms with Crippen molar-refractivity contribution in [2.75, 3.05) is 0 Å². The topological polar surface area (TPSA) is 128 Å². The van der Waals surface area contributed by atoms with Gasteiger partial charge >= 0.3 is 12.1 Å². The molecule has 0 aromatic carbocycles. The van der Waals surface area contributed by atoms with Crippen LogP contribution in [-0.4, -0.2) is 52.4 Å². The van der Waals surface area contributed by atoms with Crippen LogP contribution in [0.5, 0.6) is 0 Å². The van der Waals surface area contributed by atoms with Gasteiger partial charge in [-0.25, -0.2) is 10.3 Å². The number of nitrogens with one attached hydrogen (secondary N) is 3. The summed E-state index contributed by atoms with van der Waals surface area (Å²) in [7, 11) is 0. The lowest BCUT2D eigenvalue weighted by Gasteiger charge is -2.25. The molecular formula is C13H22F3N3O5. The molecule has 0 spiro atoms. The van der Waals surface area contributed by atoms with Gasteiger partial charge in [-0.05, 0) is 19.3 Å². The van der Waals surface area contributed by atoms with E-state index in [2.05, 4.69) is 0 Å². The summed E-state index contributed by atoms with van der Waals surface area (Å²) in [5.74, 6) is -3.65. The standard InChI is InChI=1S/C13H22F3N3O5/c1-6(2)4-8(12(22)23)18-10(20)5-9(13(14,15)16)17-7(3)11(21)19-24/h6-9,17,24H,4-5H2,1-3H3,(H,18,20)(H,19,21)(H,22,23)/t7-,8-,9+/m0/s1. The number of halogens is 3. The van der Waals surface area contributed by atoms with Crippen molar-refractivity contribution in [3.8, 4) is 0 Å². The Morgan fingerprint density at radius 1 is 1.12 bits per heavy atom. The van der Waals surface area contributed by atoms with Gasteiger partial charge in [0.25, 0.3) is 5.91 Å². The van der Waals surface area contributed by atoms with Gasteiger partial charge < -0.3 is 10.4 Å². The maximum atomic E-state index is 13.0. The molecule has 0 aliphatic carbocycles. The van der Waals surface area contributed by atoms with Crippen molar-refractivity contribution in [1.29, 1.82) is 0 Å². The van der Waals surface area contributed by atoms with Crippen molar-refractivity contribution < 1.29 is 37.9 Å². The number of hydrogen-bond acceptors (Lipinski definition) is 5. The van der Waals surface area contributed by atoms with Crippen LogP contribution in [0.15, 0.2) is 0 Å². The Kier molecular flexibility index (Phi) is 8.69. The highest BCUT2D eigenvalue weighted by atomic mass is 19.4. The van der Waals surface area contributed by atoms with E-state index in [0.29, 0.717) is 0 Å². The van der Waals surface area contributed by atoms with Gasteiger partial charge in [-0.1, -0.05) is 13.8 Å². The minimum Gasteiger partial charge on any atom is -0.480 e. The maximum Gasteiger partial charge on any atom is 0.404 e.